The Balaban J connectivity index is 1.90. The molecule has 2 amide bonds. The number of rotatable bonds is 4. The molecule has 1 atom stereocenters. The van der Waals surface area contributed by atoms with Gasteiger partial charge in [0.1, 0.15) is 13.1 Å². The zero-order chi connectivity index (χ0) is 18.7. The minimum atomic E-state index is -1.07. The number of carbonyl (C=O) groups is 3. The van der Waals surface area contributed by atoms with E-state index in [1.54, 1.807) is 24.3 Å². The molecule has 2 aromatic rings. The first-order valence-corrected chi connectivity index (χ1v) is 8.38. The molecule has 3 rings (SSSR count). The molecule has 0 aromatic heterocycles. The molecular weight excluding hydrogens is 332 g/mol. The second-order valence-electron chi connectivity index (χ2n) is 6.39. The van der Waals surface area contributed by atoms with Gasteiger partial charge in [0.25, 0.3) is 5.91 Å². The average molecular weight is 352 g/mol. The molecule has 1 aliphatic rings. The maximum atomic E-state index is 12.7. The molecule has 1 N–H and O–H groups in total. The SMILES string of the molecule is Cc1ccc(C2CN(C(=O)c3ccccc3)CC(=O)N2CC(=O)O)cc1. The number of hydrogen-bond donors (Lipinski definition) is 1. The summed E-state index contributed by atoms with van der Waals surface area (Å²) in [6.45, 7) is 1.71. The molecular formula is C20H20N2O4. The van der Waals surface area contributed by atoms with Crippen molar-refractivity contribution in [3.8, 4) is 0 Å². The number of aryl methyl sites for hydroxylation is 1. The molecule has 1 saturated heterocycles. The van der Waals surface area contributed by atoms with Gasteiger partial charge in [-0.2, -0.15) is 0 Å². The van der Waals surface area contributed by atoms with Gasteiger partial charge in [-0.15, -0.1) is 0 Å². The molecule has 26 heavy (non-hydrogen) atoms. The summed E-state index contributed by atoms with van der Waals surface area (Å²) in [6, 6.07) is 15.9. The first-order chi connectivity index (χ1) is 12.5. The lowest BCUT2D eigenvalue weighted by atomic mass is 10.00. The highest BCUT2D eigenvalue weighted by Crippen LogP contribution is 2.27. The number of carboxylic acids is 1. The van der Waals surface area contributed by atoms with E-state index in [9.17, 15) is 19.5 Å². The van der Waals surface area contributed by atoms with Crippen LogP contribution in [0.1, 0.15) is 27.5 Å². The number of amides is 2. The van der Waals surface area contributed by atoms with Gasteiger partial charge in [0.05, 0.1) is 6.04 Å². The zero-order valence-corrected chi connectivity index (χ0v) is 14.5. The zero-order valence-electron chi connectivity index (χ0n) is 14.5. The van der Waals surface area contributed by atoms with E-state index in [1.165, 1.54) is 9.80 Å². The van der Waals surface area contributed by atoms with Crippen LogP contribution in [0, 0.1) is 6.92 Å². The van der Waals surface area contributed by atoms with Crippen molar-refractivity contribution < 1.29 is 19.5 Å². The van der Waals surface area contributed by atoms with E-state index in [0.717, 1.165) is 11.1 Å². The summed E-state index contributed by atoms with van der Waals surface area (Å²) in [4.78, 5) is 39.4. The molecule has 1 heterocycles. The second-order valence-corrected chi connectivity index (χ2v) is 6.39. The molecule has 1 aliphatic heterocycles. The molecule has 0 bridgehead atoms. The summed E-state index contributed by atoms with van der Waals surface area (Å²) in [6.07, 6.45) is 0. The van der Waals surface area contributed by atoms with Gasteiger partial charge in [0.2, 0.25) is 5.91 Å². The molecule has 6 nitrogen and oxygen atoms in total. The number of carboxylic acid groups (broad SMARTS) is 1. The van der Waals surface area contributed by atoms with Crippen LogP contribution < -0.4 is 0 Å². The molecule has 0 aliphatic carbocycles. The minimum Gasteiger partial charge on any atom is -0.480 e. The summed E-state index contributed by atoms with van der Waals surface area (Å²) in [5.74, 6) is -1.67. The van der Waals surface area contributed by atoms with Gasteiger partial charge in [-0.1, -0.05) is 48.0 Å². The predicted octanol–water partition coefficient (Wildman–Crippen LogP) is 2.11. The quantitative estimate of drug-likeness (QED) is 0.914. The van der Waals surface area contributed by atoms with Crippen LogP contribution in [-0.2, 0) is 9.59 Å². The third-order valence-electron chi connectivity index (χ3n) is 4.49. The van der Waals surface area contributed by atoms with Gasteiger partial charge >= 0.3 is 5.97 Å². The molecule has 0 radical (unpaired) electrons. The molecule has 134 valence electrons. The van der Waals surface area contributed by atoms with Crippen molar-refractivity contribution in [2.45, 2.75) is 13.0 Å². The van der Waals surface area contributed by atoms with Crippen molar-refractivity contribution in [3.05, 3.63) is 71.3 Å². The van der Waals surface area contributed by atoms with Crippen LogP contribution in [0.5, 0.6) is 0 Å². The maximum Gasteiger partial charge on any atom is 0.323 e. The maximum absolute atomic E-state index is 12.7. The third kappa shape index (κ3) is 3.74. The van der Waals surface area contributed by atoms with Crippen molar-refractivity contribution >= 4 is 17.8 Å². The van der Waals surface area contributed by atoms with E-state index in [2.05, 4.69) is 0 Å². The van der Waals surface area contributed by atoms with Crippen LogP contribution in [-0.4, -0.2) is 52.3 Å². The Labute approximate surface area is 151 Å². The van der Waals surface area contributed by atoms with Crippen LogP contribution in [0.3, 0.4) is 0 Å². The Bertz CT molecular complexity index is 817. The lowest BCUT2D eigenvalue weighted by Crippen LogP contribution is -2.55. The Morgan fingerprint density at radius 2 is 1.73 bits per heavy atom. The molecule has 0 saturated carbocycles. The predicted molar refractivity (Wildman–Crippen MR) is 95.6 cm³/mol. The summed E-state index contributed by atoms with van der Waals surface area (Å²) in [5, 5.41) is 9.17. The van der Waals surface area contributed by atoms with Gasteiger partial charge < -0.3 is 14.9 Å². The Kier molecular flexibility index (Phi) is 5.02. The van der Waals surface area contributed by atoms with E-state index < -0.39 is 12.0 Å². The number of hydrogen-bond acceptors (Lipinski definition) is 3. The van der Waals surface area contributed by atoms with E-state index in [-0.39, 0.29) is 31.4 Å². The monoisotopic (exact) mass is 352 g/mol. The fourth-order valence-corrected chi connectivity index (χ4v) is 3.14. The van der Waals surface area contributed by atoms with Crippen molar-refractivity contribution in [2.75, 3.05) is 19.6 Å². The highest BCUT2D eigenvalue weighted by Gasteiger charge is 2.36. The summed E-state index contributed by atoms with van der Waals surface area (Å²) in [7, 11) is 0. The van der Waals surface area contributed by atoms with Crippen molar-refractivity contribution in [1.82, 2.24) is 9.80 Å². The first kappa shape index (κ1) is 17.7. The number of piperazine rings is 1. The Morgan fingerprint density at radius 1 is 1.08 bits per heavy atom. The minimum absolute atomic E-state index is 0.122. The van der Waals surface area contributed by atoms with E-state index in [0.29, 0.717) is 5.56 Å². The van der Waals surface area contributed by atoms with Crippen LogP contribution in [0.15, 0.2) is 54.6 Å². The average Bonchev–Trinajstić information content (AvgIpc) is 2.64. The lowest BCUT2D eigenvalue weighted by Gasteiger charge is -2.40. The van der Waals surface area contributed by atoms with E-state index in [1.807, 2.05) is 37.3 Å². The van der Waals surface area contributed by atoms with Gasteiger partial charge in [0, 0.05) is 12.1 Å². The number of nitrogens with zero attached hydrogens (tertiary/aromatic N) is 2. The summed E-state index contributed by atoms with van der Waals surface area (Å²) < 4.78 is 0. The Hall–Kier alpha value is -3.15. The molecule has 6 heteroatoms. The van der Waals surface area contributed by atoms with Gasteiger partial charge in [-0.25, -0.2) is 0 Å². The standard InChI is InChI=1S/C20H20N2O4/c1-14-7-9-15(10-8-14)17-11-21(12-18(23)22(17)13-19(24)25)20(26)16-5-3-2-4-6-16/h2-10,17H,11-13H2,1H3,(H,24,25). The largest absolute Gasteiger partial charge is 0.480 e. The van der Waals surface area contributed by atoms with Crippen LogP contribution >= 0.6 is 0 Å². The fourth-order valence-electron chi connectivity index (χ4n) is 3.14. The molecule has 2 aromatic carbocycles. The van der Waals surface area contributed by atoms with Crippen molar-refractivity contribution in [1.29, 1.82) is 0 Å². The number of benzene rings is 2. The summed E-state index contributed by atoms with van der Waals surface area (Å²) in [5.41, 5.74) is 2.39. The number of carbonyl (C=O) groups excluding carboxylic acids is 2. The summed E-state index contributed by atoms with van der Waals surface area (Å²) >= 11 is 0. The van der Waals surface area contributed by atoms with Gasteiger partial charge in [-0.05, 0) is 24.6 Å². The van der Waals surface area contributed by atoms with Crippen LogP contribution in [0.2, 0.25) is 0 Å². The van der Waals surface area contributed by atoms with Crippen molar-refractivity contribution in [3.63, 3.8) is 0 Å². The number of aliphatic carboxylic acids is 1. The van der Waals surface area contributed by atoms with Crippen molar-refractivity contribution in [2.24, 2.45) is 0 Å². The van der Waals surface area contributed by atoms with Crippen LogP contribution in [0.25, 0.3) is 0 Å². The molecule has 1 unspecified atom stereocenters. The molecule has 0 spiro atoms. The van der Waals surface area contributed by atoms with Crippen LogP contribution in [0.4, 0.5) is 0 Å². The Morgan fingerprint density at radius 3 is 2.35 bits per heavy atom. The highest BCUT2D eigenvalue weighted by molar-refractivity contribution is 5.97. The van der Waals surface area contributed by atoms with Gasteiger partial charge in [-0.3, -0.25) is 14.4 Å². The topological polar surface area (TPSA) is 77.9 Å². The normalized spacial score (nSPS) is 17.3. The van der Waals surface area contributed by atoms with E-state index in [4.69, 9.17) is 0 Å². The second kappa shape index (κ2) is 7.39. The lowest BCUT2D eigenvalue weighted by molar-refractivity contribution is -0.149. The third-order valence-corrected chi connectivity index (χ3v) is 4.49. The molecule has 1 fully saturated rings. The fraction of sp³-hybridized carbons (Fsp3) is 0.250. The highest BCUT2D eigenvalue weighted by atomic mass is 16.4. The first-order valence-electron chi connectivity index (χ1n) is 8.38. The van der Waals surface area contributed by atoms with Gasteiger partial charge in [0.15, 0.2) is 0 Å². The van der Waals surface area contributed by atoms with E-state index >= 15 is 0 Å². The smallest absolute Gasteiger partial charge is 0.323 e.